The van der Waals surface area contributed by atoms with Crippen LogP contribution < -0.4 is 9.62 Å². The number of aryl methyl sites for hydroxylation is 1. The lowest BCUT2D eigenvalue weighted by Gasteiger charge is -2.24. The van der Waals surface area contributed by atoms with Crippen LogP contribution in [0.3, 0.4) is 0 Å². The molecule has 0 bridgehead atoms. The molecule has 0 atom stereocenters. The number of carbonyl (C=O) groups is 1. The minimum Gasteiger partial charge on any atom is -0.468 e. The summed E-state index contributed by atoms with van der Waals surface area (Å²) in [6, 6.07) is 17.6. The molecule has 1 aromatic heterocycles. The summed E-state index contributed by atoms with van der Waals surface area (Å²) < 4.78 is 33.3. The molecule has 3 rings (SSSR count). The van der Waals surface area contributed by atoms with Gasteiger partial charge in [0.25, 0.3) is 10.0 Å². The monoisotopic (exact) mass is 504 g/mol. The lowest BCUT2D eigenvalue weighted by atomic mass is 10.2. The molecule has 0 fully saturated rings. The molecule has 33 heavy (non-hydrogen) atoms. The highest BCUT2D eigenvalue weighted by atomic mass is 32.2. The zero-order valence-corrected chi connectivity index (χ0v) is 21.1. The Kier molecular flexibility index (Phi) is 9.34. The number of nitrogens with zero attached hydrogens (tertiary/aromatic N) is 1. The summed E-state index contributed by atoms with van der Waals surface area (Å²) in [6.45, 7) is 2.13. The molecular weight excluding hydrogens is 476 g/mol. The van der Waals surface area contributed by atoms with Crippen LogP contribution in [0.4, 0.5) is 5.69 Å². The second kappa shape index (κ2) is 12.2. The van der Waals surface area contributed by atoms with Gasteiger partial charge in [-0.05, 0) is 73.9 Å². The maximum atomic E-state index is 13.4. The van der Waals surface area contributed by atoms with Gasteiger partial charge in [-0.2, -0.15) is 11.8 Å². The highest BCUT2D eigenvalue weighted by Crippen LogP contribution is 2.25. The number of amides is 1. The molecule has 176 valence electrons. The molecule has 9 heteroatoms. The molecule has 0 radical (unpaired) electrons. The number of rotatable bonds is 12. The van der Waals surface area contributed by atoms with E-state index >= 15 is 0 Å². The summed E-state index contributed by atoms with van der Waals surface area (Å²) in [4.78, 5) is 13.8. The molecule has 3 aromatic rings. The van der Waals surface area contributed by atoms with E-state index in [4.69, 9.17) is 4.42 Å². The van der Waals surface area contributed by atoms with E-state index < -0.39 is 10.0 Å². The average molecular weight is 505 g/mol. The maximum absolute atomic E-state index is 13.4. The van der Waals surface area contributed by atoms with Gasteiger partial charge in [0.05, 0.1) is 22.6 Å². The Labute approximate surface area is 204 Å². The third kappa shape index (κ3) is 7.31. The van der Waals surface area contributed by atoms with Gasteiger partial charge in [0, 0.05) is 11.4 Å². The van der Waals surface area contributed by atoms with Crippen LogP contribution in [0, 0.1) is 6.92 Å². The van der Waals surface area contributed by atoms with Gasteiger partial charge in [-0.25, -0.2) is 8.42 Å². The minimum atomic E-state index is -3.90. The summed E-state index contributed by atoms with van der Waals surface area (Å²) in [5.74, 6) is 2.24. The third-order valence-electron chi connectivity index (χ3n) is 4.87. The number of furan rings is 1. The third-order valence-corrected chi connectivity index (χ3v) is 8.47. The van der Waals surface area contributed by atoms with Crippen molar-refractivity contribution in [1.82, 2.24) is 5.32 Å². The van der Waals surface area contributed by atoms with Crippen LogP contribution in [0.1, 0.15) is 17.7 Å². The van der Waals surface area contributed by atoms with Crippen molar-refractivity contribution in [2.45, 2.75) is 28.9 Å². The number of nitrogens with one attached hydrogen (secondary N) is 1. The molecule has 0 saturated carbocycles. The lowest BCUT2D eigenvalue weighted by Crippen LogP contribution is -2.41. The largest absolute Gasteiger partial charge is 0.468 e. The topological polar surface area (TPSA) is 79.6 Å². The average Bonchev–Trinajstić information content (AvgIpc) is 3.34. The summed E-state index contributed by atoms with van der Waals surface area (Å²) in [6.07, 6.45) is 4.37. The van der Waals surface area contributed by atoms with E-state index in [1.54, 1.807) is 54.4 Å². The molecule has 6 nitrogen and oxygen atoms in total. The van der Waals surface area contributed by atoms with Crippen molar-refractivity contribution in [3.63, 3.8) is 0 Å². The fraction of sp³-hybridized carbons (Fsp3) is 0.292. The fourth-order valence-corrected chi connectivity index (χ4v) is 5.74. The number of thioether (sulfide) groups is 2. The first-order valence-corrected chi connectivity index (χ1v) is 14.3. The van der Waals surface area contributed by atoms with Crippen molar-refractivity contribution >= 4 is 45.1 Å². The number of hydrogen-bond acceptors (Lipinski definition) is 6. The SMILES string of the molecule is CSc1ccc(S(=O)(=O)N(CC(=O)NCCCSCc2ccco2)c2ccc(C)cc2)cc1. The zero-order valence-electron chi connectivity index (χ0n) is 18.7. The molecule has 1 N–H and O–H groups in total. The Morgan fingerprint density at radius 2 is 1.79 bits per heavy atom. The van der Waals surface area contributed by atoms with Crippen LogP contribution in [0.15, 0.2) is 81.1 Å². The van der Waals surface area contributed by atoms with Gasteiger partial charge in [-0.3, -0.25) is 9.10 Å². The Hall–Kier alpha value is -2.36. The van der Waals surface area contributed by atoms with Gasteiger partial charge < -0.3 is 9.73 Å². The Bertz CT molecular complexity index is 1110. The smallest absolute Gasteiger partial charge is 0.264 e. The van der Waals surface area contributed by atoms with E-state index in [1.165, 1.54) is 16.1 Å². The molecule has 0 unspecified atom stereocenters. The lowest BCUT2D eigenvalue weighted by molar-refractivity contribution is -0.119. The van der Waals surface area contributed by atoms with Crippen molar-refractivity contribution < 1.29 is 17.6 Å². The van der Waals surface area contributed by atoms with Crippen LogP contribution in [0.25, 0.3) is 0 Å². The molecule has 0 aliphatic rings. The first-order valence-electron chi connectivity index (χ1n) is 10.5. The molecule has 1 amide bonds. The predicted molar refractivity (Wildman–Crippen MR) is 136 cm³/mol. The van der Waals surface area contributed by atoms with E-state index in [9.17, 15) is 13.2 Å². The minimum absolute atomic E-state index is 0.156. The first-order chi connectivity index (χ1) is 15.9. The van der Waals surface area contributed by atoms with Crippen LogP contribution in [0.2, 0.25) is 0 Å². The number of anilines is 1. The van der Waals surface area contributed by atoms with Gasteiger partial charge in [0.15, 0.2) is 0 Å². The molecule has 0 aliphatic heterocycles. The van der Waals surface area contributed by atoms with Crippen molar-refractivity contribution in [2.75, 3.05) is 29.4 Å². The standard InChI is InChI=1S/C24H28N2O4S3/c1-19-6-8-20(9-7-19)26(33(28,29)23-12-10-22(31-2)11-13-23)17-24(27)25-14-4-16-32-18-21-5-3-15-30-21/h3,5-13,15H,4,14,16-18H2,1-2H3,(H,25,27). The van der Waals surface area contributed by atoms with Crippen molar-refractivity contribution in [2.24, 2.45) is 0 Å². The second-order valence-corrected chi connectivity index (χ2v) is 11.2. The highest BCUT2D eigenvalue weighted by molar-refractivity contribution is 7.98. The molecule has 0 spiro atoms. The van der Waals surface area contributed by atoms with Gasteiger partial charge in [0.1, 0.15) is 12.3 Å². The van der Waals surface area contributed by atoms with Gasteiger partial charge in [-0.1, -0.05) is 17.7 Å². The summed E-state index contributed by atoms with van der Waals surface area (Å²) in [5.41, 5.74) is 1.47. The quantitative estimate of drug-likeness (QED) is 0.278. The zero-order chi connectivity index (χ0) is 23.7. The van der Waals surface area contributed by atoms with Crippen LogP contribution in [-0.4, -0.2) is 39.4 Å². The fourth-order valence-electron chi connectivity index (χ4n) is 3.06. The Morgan fingerprint density at radius 1 is 1.06 bits per heavy atom. The van der Waals surface area contributed by atoms with E-state index in [1.807, 2.05) is 37.4 Å². The highest BCUT2D eigenvalue weighted by Gasteiger charge is 2.27. The van der Waals surface area contributed by atoms with Crippen LogP contribution in [-0.2, 0) is 20.6 Å². The molecule has 0 aliphatic carbocycles. The molecular formula is C24H28N2O4S3. The number of carbonyl (C=O) groups excluding carboxylic acids is 1. The second-order valence-electron chi connectivity index (χ2n) is 7.36. The van der Waals surface area contributed by atoms with E-state index in [2.05, 4.69) is 5.32 Å². The summed E-state index contributed by atoms with van der Waals surface area (Å²) in [5, 5.41) is 2.84. The van der Waals surface area contributed by atoms with Gasteiger partial charge in [0.2, 0.25) is 5.91 Å². The van der Waals surface area contributed by atoms with Gasteiger partial charge in [-0.15, -0.1) is 11.8 Å². The number of benzene rings is 2. The van der Waals surface area contributed by atoms with Crippen LogP contribution in [0.5, 0.6) is 0 Å². The van der Waals surface area contributed by atoms with E-state index in [-0.39, 0.29) is 17.3 Å². The molecule has 2 aromatic carbocycles. The maximum Gasteiger partial charge on any atom is 0.264 e. The predicted octanol–water partition coefficient (Wildman–Crippen LogP) is 4.94. The van der Waals surface area contributed by atoms with Crippen LogP contribution >= 0.6 is 23.5 Å². The number of sulfonamides is 1. The molecule has 1 heterocycles. The van der Waals surface area contributed by atoms with Crippen molar-refractivity contribution in [3.8, 4) is 0 Å². The van der Waals surface area contributed by atoms with Crippen molar-refractivity contribution in [3.05, 3.63) is 78.3 Å². The van der Waals surface area contributed by atoms with Gasteiger partial charge >= 0.3 is 0 Å². The Morgan fingerprint density at radius 3 is 2.42 bits per heavy atom. The number of hydrogen-bond donors (Lipinski definition) is 1. The van der Waals surface area contributed by atoms with Crippen molar-refractivity contribution in [1.29, 1.82) is 0 Å². The normalized spacial score (nSPS) is 11.3. The molecule has 0 saturated heterocycles. The summed E-state index contributed by atoms with van der Waals surface area (Å²) in [7, 11) is -3.90. The van der Waals surface area contributed by atoms with E-state index in [0.717, 1.165) is 34.1 Å². The summed E-state index contributed by atoms with van der Waals surface area (Å²) >= 11 is 3.27. The Balaban J connectivity index is 1.62. The van der Waals surface area contributed by atoms with E-state index in [0.29, 0.717) is 12.2 Å². The first kappa shape index (κ1) is 25.3.